The van der Waals surface area contributed by atoms with Gasteiger partial charge < -0.3 is 28.9 Å². The molecule has 2 aliphatic carbocycles. The number of aldehydes is 1. The summed E-state index contributed by atoms with van der Waals surface area (Å²) in [5.41, 5.74) is -0.0468. The van der Waals surface area contributed by atoms with Crippen molar-refractivity contribution in [2.75, 3.05) is 6.54 Å². The Bertz CT molecular complexity index is 1310. The fourth-order valence-electron chi connectivity index (χ4n) is 8.04. The summed E-state index contributed by atoms with van der Waals surface area (Å²) in [6.07, 6.45) is 11.6. The highest BCUT2D eigenvalue weighted by Crippen LogP contribution is 2.41. The molecule has 4 aliphatic rings. The highest BCUT2D eigenvalue weighted by atomic mass is 16.6. The summed E-state index contributed by atoms with van der Waals surface area (Å²) in [7, 11) is 0. The van der Waals surface area contributed by atoms with Crippen LogP contribution in [0.1, 0.15) is 112 Å². The zero-order valence-electron chi connectivity index (χ0n) is 28.8. The van der Waals surface area contributed by atoms with E-state index in [-0.39, 0.29) is 30.3 Å². The van der Waals surface area contributed by atoms with Crippen molar-refractivity contribution >= 4 is 29.4 Å². The molecule has 0 unspecified atom stereocenters. The van der Waals surface area contributed by atoms with Crippen molar-refractivity contribution in [3.05, 3.63) is 36.1 Å². The number of hydrogen-bond donors (Lipinski definition) is 1. The van der Waals surface area contributed by atoms with Crippen molar-refractivity contribution in [1.29, 1.82) is 0 Å². The van der Waals surface area contributed by atoms with Crippen LogP contribution >= 0.6 is 0 Å². The van der Waals surface area contributed by atoms with Gasteiger partial charge in [0.2, 0.25) is 0 Å². The van der Waals surface area contributed by atoms with Gasteiger partial charge in [0.25, 0.3) is 0 Å². The van der Waals surface area contributed by atoms with Crippen LogP contribution in [0.2, 0.25) is 0 Å². The van der Waals surface area contributed by atoms with E-state index in [9.17, 15) is 14.4 Å². The van der Waals surface area contributed by atoms with Crippen LogP contribution in [-0.4, -0.2) is 70.2 Å². The zero-order valence-corrected chi connectivity index (χ0v) is 28.8. The number of nitrogens with one attached hydrogen (secondary N) is 1. The number of carbonyl (C=O) groups is 3. The van der Waals surface area contributed by atoms with E-state index in [0.29, 0.717) is 24.4 Å². The Balaban J connectivity index is 0.000000200. The average Bonchev–Trinajstić information content (AvgIpc) is 3.68. The lowest BCUT2D eigenvalue weighted by molar-refractivity contribution is -0.112. The number of furan rings is 1. The number of rotatable bonds is 5. The minimum atomic E-state index is -0.503. The number of carbonyl (C=O) groups excluding carboxylic acids is 3. The molecular formula is C37H55N3O6. The first-order chi connectivity index (χ1) is 21.8. The molecule has 46 heavy (non-hydrogen) atoms. The summed E-state index contributed by atoms with van der Waals surface area (Å²) < 4.78 is 17.1. The van der Waals surface area contributed by atoms with Gasteiger partial charge in [-0.3, -0.25) is 4.90 Å². The van der Waals surface area contributed by atoms with Gasteiger partial charge in [0.15, 0.2) is 0 Å². The largest absolute Gasteiger partial charge is 0.460 e. The Morgan fingerprint density at radius 1 is 0.848 bits per heavy atom. The van der Waals surface area contributed by atoms with Crippen molar-refractivity contribution in [2.24, 2.45) is 11.8 Å². The lowest BCUT2D eigenvalue weighted by Crippen LogP contribution is -2.48. The third-order valence-corrected chi connectivity index (χ3v) is 9.84. The molecule has 0 radical (unpaired) electrons. The third kappa shape index (κ3) is 8.44. The van der Waals surface area contributed by atoms with Crippen LogP contribution in [0, 0.1) is 11.8 Å². The quantitative estimate of drug-likeness (QED) is 0.333. The Morgan fingerprint density at radius 3 is 2.02 bits per heavy atom. The second-order valence-electron chi connectivity index (χ2n) is 15.7. The molecule has 2 aromatic rings. The summed E-state index contributed by atoms with van der Waals surface area (Å²) in [6.45, 7) is 12.8. The van der Waals surface area contributed by atoms with Crippen molar-refractivity contribution < 1.29 is 28.3 Å². The predicted molar refractivity (Wildman–Crippen MR) is 178 cm³/mol. The molecule has 2 saturated heterocycles. The molecule has 1 aromatic heterocycles. The normalized spacial score (nSPS) is 27.8. The fraction of sp³-hybridized carbons (Fsp3) is 0.703. The van der Waals surface area contributed by atoms with E-state index in [2.05, 4.69) is 17.4 Å². The van der Waals surface area contributed by atoms with Crippen molar-refractivity contribution in [1.82, 2.24) is 15.1 Å². The molecule has 2 amide bonds. The van der Waals surface area contributed by atoms with E-state index < -0.39 is 11.2 Å². The molecule has 6 rings (SSSR count). The van der Waals surface area contributed by atoms with Gasteiger partial charge >= 0.3 is 12.2 Å². The number of benzene rings is 1. The first-order valence-electron chi connectivity index (χ1n) is 17.5. The van der Waals surface area contributed by atoms with E-state index in [1.54, 1.807) is 4.90 Å². The molecule has 9 nitrogen and oxygen atoms in total. The van der Waals surface area contributed by atoms with Crippen LogP contribution in [0.25, 0.3) is 11.0 Å². The van der Waals surface area contributed by atoms with Crippen molar-refractivity contribution in [3.63, 3.8) is 0 Å². The van der Waals surface area contributed by atoms with Gasteiger partial charge in [-0.2, -0.15) is 0 Å². The highest BCUT2D eigenvalue weighted by molar-refractivity contribution is 5.77. The molecule has 0 bridgehead atoms. The molecule has 1 aromatic carbocycles. The Morgan fingerprint density at radius 2 is 1.41 bits per heavy atom. The number of para-hydroxylation sites is 1. The second-order valence-corrected chi connectivity index (χ2v) is 15.7. The van der Waals surface area contributed by atoms with E-state index in [1.807, 2.05) is 64.6 Å². The monoisotopic (exact) mass is 637 g/mol. The zero-order chi connectivity index (χ0) is 33.1. The number of likely N-dealkylation sites (tertiary alicyclic amines) is 2. The summed E-state index contributed by atoms with van der Waals surface area (Å²) >= 11 is 0. The third-order valence-electron chi connectivity index (χ3n) is 9.84. The van der Waals surface area contributed by atoms with E-state index in [4.69, 9.17) is 13.9 Å². The van der Waals surface area contributed by atoms with Crippen LogP contribution in [0.4, 0.5) is 9.59 Å². The van der Waals surface area contributed by atoms with Gasteiger partial charge in [-0.05, 0) is 104 Å². The Hall–Kier alpha value is -3.07. The summed E-state index contributed by atoms with van der Waals surface area (Å²) in [5, 5.41) is 4.65. The maximum absolute atomic E-state index is 12.9. The minimum absolute atomic E-state index is 0.155. The number of amides is 2. The molecule has 2 aliphatic heterocycles. The fourth-order valence-corrected chi connectivity index (χ4v) is 8.04. The standard InChI is InChI=1S/C23H32N2O3.C14H23NO3/c1-23(2,3)28-22(26)25-18(12-16-8-4-6-10-20(16)25)14-24-15-19-13-17-9-5-7-11-21(17)27-19;1-14(2,3)18-13(17)15-11(9-16)8-10-6-4-5-7-12(10)15/h5,7,9,11,13,16,18,20,24H,4,6,8,10,12,14-15H2,1-3H3;9-12H,4-8H2,1-3H3/t16-,18-,20-;10-,11-,12-/m00/s1. The Kier molecular flexibility index (Phi) is 10.7. The molecule has 0 spiro atoms. The number of nitrogens with zero attached hydrogens (tertiary/aromatic N) is 2. The van der Waals surface area contributed by atoms with E-state index in [1.165, 1.54) is 25.7 Å². The first kappa shape index (κ1) is 34.3. The van der Waals surface area contributed by atoms with Crippen molar-refractivity contribution in [3.8, 4) is 0 Å². The van der Waals surface area contributed by atoms with E-state index >= 15 is 0 Å². The number of hydrogen-bond acceptors (Lipinski definition) is 7. The second kappa shape index (κ2) is 14.4. The van der Waals surface area contributed by atoms with Gasteiger partial charge in [-0.1, -0.05) is 43.9 Å². The molecule has 254 valence electrons. The SMILES string of the molecule is CC(C)(C)OC(=O)N1[C@H](C=O)C[C@@H]2CCCC[C@@H]21.CC(C)(C)OC(=O)N1[C@H](CNCc2cc3ccccc3o2)C[C@@H]2CCCC[C@@H]21. The first-order valence-corrected chi connectivity index (χ1v) is 17.5. The lowest BCUT2D eigenvalue weighted by Gasteiger charge is -2.35. The van der Waals surface area contributed by atoms with Crippen molar-refractivity contribution in [2.45, 2.75) is 148 Å². The smallest absolute Gasteiger partial charge is 0.411 e. The van der Waals surface area contributed by atoms with Gasteiger partial charge in [0.05, 0.1) is 12.6 Å². The highest BCUT2D eigenvalue weighted by Gasteiger charge is 2.47. The predicted octanol–water partition coefficient (Wildman–Crippen LogP) is 7.84. The molecule has 3 heterocycles. The van der Waals surface area contributed by atoms with Crippen LogP contribution in [0.15, 0.2) is 34.7 Å². The van der Waals surface area contributed by atoms with Crippen LogP contribution in [0.5, 0.6) is 0 Å². The van der Waals surface area contributed by atoms with Gasteiger partial charge in [-0.15, -0.1) is 0 Å². The van der Waals surface area contributed by atoms with E-state index in [0.717, 1.165) is 68.1 Å². The number of fused-ring (bicyclic) bond motifs is 3. The molecule has 4 fully saturated rings. The topological polar surface area (TPSA) is 101 Å². The van der Waals surface area contributed by atoms with Crippen LogP contribution < -0.4 is 5.32 Å². The number of ether oxygens (including phenoxy) is 2. The molecule has 6 atom stereocenters. The minimum Gasteiger partial charge on any atom is -0.460 e. The van der Waals surface area contributed by atoms with Gasteiger partial charge in [0.1, 0.15) is 28.8 Å². The van der Waals surface area contributed by atoms with Gasteiger partial charge in [0, 0.05) is 30.1 Å². The Labute approximate surface area is 274 Å². The maximum Gasteiger partial charge on any atom is 0.411 e. The summed E-state index contributed by atoms with van der Waals surface area (Å²) in [5.74, 6) is 2.03. The molecule has 9 heteroatoms. The summed E-state index contributed by atoms with van der Waals surface area (Å²) in [6, 6.07) is 10.6. The van der Waals surface area contributed by atoms with Gasteiger partial charge in [-0.25, -0.2) is 9.59 Å². The average molecular weight is 638 g/mol. The maximum atomic E-state index is 12.9. The van der Waals surface area contributed by atoms with Crippen LogP contribution in [-0.2, 0) is 20.8 Å². The molecular weight excluding hydrogens is 582 g/mol. The van der Waals surface area contributed by atoms with Crippen LogP contribution in [0.3, 0.4) is 0 Å². The molecule has 2 saturated carbocycles. The lowest BCUT2D eigenvalue weighted by atomic mass is 9.85. The summed E-state index contributed by atoms with van der Waals surface area (Å²) in [4.78, 5) is 40.1. The molecule has 1 N–H and O–H groups in total.